The third kappa shape index (κ3) is 5.24. The number of ether oxygens (including phenoxy) is 2. The lowest BCUT2D eigenvalue weighted by Gasteiger charge is -2.13. The van der Waals surface area contributed by atoms with Crippen molar-refractivity contribution in [1.82, 2.24) is 0 Å². The van der Waals surface area contributed by atoms with Crippen molar-refractivity contribution in [3.05, 3.63) is 76.0 Å². The minimum absolute atomic E-state index is 0.200. The number of rotatable bonds is 7. The number of hydrogen-bond acceptors (Lipinski definition) is 5. The van der Waals surface area contributed by atoms with Gasteiger partial charge in [0.25, 0.3) is 15.9 Å². The summed E-state index contributed by atoms with van der Waals surface area (Å²) in [6.45, 7) is 0. The summed E-state index contributed by atoms with van der Waals surface area (Å²) < 4.78 is 51.0. The highest BCUT2D eigenvalue weighted by Gasteiger charge is 2.17. The van der Waals surface area contributed by atoms with E-state index in [0.717, 1.165) is 18.2 Å². The molecule has 0 atom stereocenters. The minimum atomic E-state index is -4.00. The molecule has 0 aliphatic rings. The van der Waals surface area contributed by atoms with Crippen LogP contribution in [0.25, 0.3) is 0 Å². The summed E-state index contributed by atoms with van der Waals surface area (Å²) >= 11 is 11.7. The summed E-state index contributed by atoms with van der Waals surface area (Å²) in [5, 5.41) is 2.70. The number of carbonyl (C=O) groups is 1. The van der Waals surface area contributed by atoms with E-state index >= 15 is 0 Å². The zero-order chi connectivity index (χ0) is 23.5. The standard InChI is InChI=1S/C21H17Cl2FN2O5S/c1-30-19-11-18(20(31-2)10-16(19)23)25-21(27)12-3-5-13(6-4-12)26-32(28,29)14-7-8-17(24)15(22)9-14/h3-11,26H,1-2H3,(H,25,27). The van der Waals surface area contributed by atoms with E-state index in [0.29, 0.717) is 22.2 Å². The predicted molar refractivity (Wildman–Crippen MR) is 121 cm³/mol. The monoisotopic (exact) mass is 498 g/mol. The highest BCUT2D eigenvalue weighted by molar-refractivity contribution is 7.92. The Labute approximate surface area is 194 Å². The molecule has 0 aliphatic heterocycles. The first-order valence-corrected chi connectivity index (χ1v) is 11.2. The largest absolute Gasteiger partial charge is 0.495 e. The second-order valence-electron chi connectivity index (χ2n) is 6.40. The Bertz CT molecular complexity index is 1270. The van der Waals surface area contributed by atoms with Gasteiger partial charge in [-0.15, -0.1) is 0 Å². The van der Waals surface area contributed by atoms with Gasteiger partial charge >= 0.3 is 0 Å². The molecule has 0 aromatic heterocycles. The number of anilines is 2. The first-order chi connectivity index (χ1) is 15.1. The molecule has 3 aromatic carbocycles. The summed E-state index contributed by atoms with van der Waals surface area (Å²) in [7, 11) is -1.12. The van der Waals surface area contributed by atoms with Crippen molar-refractivity contribution >= 4 is 50.5 Å². The molecular weight excluding hydrogens is 482 g/mol. The van der Waals surface area contributed by atoms with Crippen LogP contribution in [0.15, 0.2) is 59.5 Å². The molecule has 2 N–H and O–H groups in total. The van der Waals surface area contributed by atoms with Crippen LogP contribution in [0.2, 0.25) is 10.0 Å². The predicted octanol–water partition coefficient (Wildman–Crippen LogP) is 5.20. The molecule has 0 radical (unpaired) electrons. The van der Waals surface area contributed by atoms with Gasteiger partial charge in [0, 0.05) is 23.4 Å². The molecule has 168 valence electrons. The maximum absolute atomic E-state index is 13.3. The fourth-order valence-corrected chi connectivity index (χ4v) is 4.26. The van der Waals surface area contributed by atoms with Crippen molar-refractivity contribution in [3.63, 3.8) is 0 Å². The summed E-state index contributed by atoms with van der Waals surface area (Å²) in [5.41, 5.74) is 0.804. The average molecular weight is 499 g/mol. The van der Waals surface area contributed by atoms with Crippen LogP contribution in [0.5, 0.6) is 11.5 Å². The second-order valence-corrected chi connectivity index (χ2v) is 8.90. The minimum Gasteiger partial charge on any atom is -0.495 e. The molecule has 3 rings (SSSR count). The van der Waals surface area contributed by atoms with Gasteiger partial charge in [0.2, 0.25) is 0 Å². The second kappa shape index (κ2) is 9.64. The van der Waals surface area contributed by atoms with Crippen molar-refractivity contribution in [3.8, 4) is 11.5 Å². The van der Waals surface area contributed by atoms with Crippen LogP contribution in [0, 0.1) is 5.82 Å². The fraction of sp³-hybridized carbons (Fsp3) is 0.0952. The van der Waals surface area contributed by atoms with E-state index in [-0.39, 0.29) is 21.2 Å². The summed E-state index contributed by atoms with van der Waals surface area (Å²) in [5.74, 6) is -0.497. The van der Waals surface area contributed by atoms with E-state index in [4.69, 9.17) is 32.7 Å². The molecule has 11 heteroatoms. The molecule has 1 amide bonds. The lowest BCUT2D eigenvalue weighted by molar-refractivity contribution is 0.102. The molecule has 0 fully saturated rings. The van der Waals surface area contributed by atoms with Gasteiger partial charge < -0.3 is 14.8 Å². The van der Waals surface area contributed by atoms with Crippen LogP contribution in [0.1, 0.15) is 10.4 Å². The van der Waals surface area contributed by atoms with Gasteiger partial charge in [-0.3, -0.25) is 9.52 Å². The Morgan fingerprint density at radius 3 is 2.16 bits per heavy atom. The Morgan fingerprint density at radius 2 is 1.56 bits per heavy atom. The Balaban J connectivity index is 1.77. The number of halogens is 3. The smallest absolute Gasteiger partial charge is 0.261 e. The molecule has 0 heterocycles. The normalized spacial score (nSPS) is 11.0. The highest BCUT2D eigenvalue weighted by atomic mass is 35.5. The van der Waals surface area contributed by atoms with E-state index in [1.807, 2.05) is 0 Å². The van der Waals surface area contributed by atoms with Crippen LogP contribution >= 0.6 is 23.2 Å². The maximum atomic E-state index is 13.3. The van der Waals surface area contributed by atoms with Crippen LogP contribution in [0.4, 0.5) is 15.8 Å². The lowest BCUT2D eigenvalue weighted by Crippen LogP contribution is -2.14. The van der Waals surface area contributed by atoms with Gasteiger partial charge in [0.05, 0.1) is 34.8 Å². The van der Waals surface area contributed by atoms with Crippen LogP contribution in [0.3, 0.4) is 0 Å². The van der Waals surface area contributed by atoms with Crippen molar-refractivity contribution in [2.75, 3.05) is 24.3 Å². The van der Waals surface area contributed by atoms with Gasteiger partial charge in [-0.25, -0.2) is 12.8 Å². The molecule has 0 saturated heterocycles. The molecule has 3 aromatic rings. The third-order valence-electron chi connectivity index (χ3n) is 4.32. The molecule has 32 heavy (non-hydrogen) atoms. The number of carbonyl (C=O) groups excluding carboxylic acids is 1. The zero-order valence-corrected chi connectivity index (χ0v) is 19.1. The molecular formula is C21H17Cl2FN2O5S. The summed E-state index contributed by atoms with van der Waals surface area (Å²) in [6.07, 6.45) is 0. The Kier molecular flexibility index (Phi) is 7.12. The zero-order valence-electron chi connectivity index (χ0n) is 16.8. The van der Waals surface area contributed by atoms with Gasteiger partial charge in [0.15, 0.2) is 0 Å². The molecule has 0 unspecified atom stereocenters. The van der Waals surface area contributed by atoms with E-state index < -0.39 is 21.7 Å². The maximum Gasteiger partial charge on any atom is 0.261 e. The van der Waals surface area contributed by atoms with Gasteiger partial charge in [-0.05, 0) is 42.5 Å². The number of amides is 1. The SMILES string of the molecule is COc1cc(NC(=O)c2ccc(NS(=O)(=O)c3ccc(F)c(Cl)c3)cc2)c(OC)cc1Cl. The topological polar surface area (TPSA) is 93.7 Å². The first kappa shape index (κ1) is 23.6. The number of nitrogens with one attached hydrogen (secondary N) is 2. The van der Waals surface area contributed by atoms with Crippen LogP contribution < -0.4 is 19.5 Å². The quantitative estimate of drug-likeness (QED) is 0.466. The van der Waals surface area contributed by atoms with Crippen molar-refractivity contribution in [2.45, 2.75) is 4.90 Å². The summed E-state index contributed by atoms with van der Waals surface area (Å²) in [4.78, 5) is 12.4. The van der Waals surface area contributed by atoms with Crippen molar-refractivity contribution in [2.24, 2.45) is 0 Å². The molecule has 0 spiro atoms. The molecule has 0 bridgehead atoms. The number of sulfonamides is 1. The van der Waals surface area contributed by atoms with E-state index in [1.165, 1.54) is 50.6 Å². The van der Waals surface area contributed by atoms with Gasteiger partial charge in [0.1, 0.15) is 17.3 Å². The Morgan fingerprint density at radius 1 is 0.906 bits per heavy atom. The highest BCUT2D eigenvalue weighted by Crippen LogP contribution is 2.36. The number of benzene rings is 3. The Hall–Kier alpha value is -3.01. The number of methoxy groups -OCH3 is 2. The van der Waals surface area contributed by atoms with E-state index in [9.17, 15) is 17.6 Å². The molecule has 0 aliphatic carbocycles. The fourth-order valence-electron chi connectivity index (χ4n) is 2.70. The third-order valence-corrected chi connectivity index (χ3v) is 6.29. The lowest BCUT2D eigenvalue weighted by atomic mass is 10.2. The molecule has 0 saturated carbocycles. The van der Waals surface area contributed by atoms with E-state index in [2.05, 4.69) is 10.0 Å². The van der Waals surface area contributed by atoms with Gasteiger partial charge in [-0.1, -0.05) is 23.2 Å². The van der Waals surface area contributed by atoms with Crippen LogP contribution in [-0.2, 0) is 10.0 Å². The van der Waals surface area contributed by atoms with Crippen molar-refractivity contribution in [1.29, 1.82) is 0 Å². The van der Waals surface area contributed by atoms with Crippen LogP contribution in [-0.4, -0.2) is 28.5 Å². The molecule has 7 nitrogen and oxygen atoms in total. The van der Waals surface area contributed by atoms with Gasteiger partial charge in [-0.2, -0.15) is 0 Å². The average Bonchev–Trinajstić information content (AvgIpc) is 2.76. The number of hydrogen-bond donors (Lipinski definition) is 2. The van der Waals surface area contributed by atoms with Crippen molar-refractivity contribution < 1.29 is 27.1 Å². The first-order valence-electron chi connectivity index (χ1n) is 8.95. The van der Waals surface area contributed by atoms with E-state index in [1.54, 1.807) is 0 Å². The summed E-state index contributed by atoms with van der Waals surface area (Å²) in [6, 6.07) is 11.8.